The van der Waals surface area contributed by atoms with E-state index in [2.05, 4.69) is 15.4 Å². The fourth-order valence-electron chi connectivity index (χ4n) is 1.39. The summed E-state index contributed by atoms with van der Waals surface area (Å²) in [4.78, 5) is 23.0. The number of hydrogen-bond acceptors (Lipinski definition) is 5. The molecule has 2 amide bonds. The van der Waals surface area contributed by atoms with Crippen molar-refractivity contribution < 1.29 is 19.4 Å². The van der Waals surface area contributed by atoms with Crippen LogP contribution in [0.3, 0.4) is 0 Å². The molecule has 0 aliphatic heterocycles. The molecule has 0 heterocycles. The normalized spacial score (nSPS) is 11.1. The van der Waals surface area contributed by atoms with Crippen molar-refractivity contribution in [2.45, 2.75) is 6.92 Å². The summed E-state index contributed by atoms with van der Waals surface area (Å²) < 4.78 is 4.43. The van der Waals surface area contributed by atoms with E-state index < -0.39 is 29.2 Å². The largest absolute Gasteiger partial charge is 0.512 e. The molecule has 0 saturated carbocycles. The number of allylic oxidation sites excluding steroid dienone is 1. The van der Waals surface area contributed by atoms with Gasteiger partial charge in [-0.2, -0.15) is 0 Å². The summed E-state index contributed by atoms with van der Waals surface area (Å²) in [6.07, 6.45) is 0. The number of urea groups is 1. The zero-order chi connectivity index (χ0) is 15.1. The van der Waals surface area contributed by atoms with Gasteiger partial charge in [0, 0.05) is 5.69 Å². The van der Waals surface area contributed by atoms with Crippen LogP contribution in [0.2, 0.25) is 0 Å². The van der Waals surface area contributed by atoms with Crippen LogP contribution in [0.25, 0.3) is 0 Å². The molecule has 106 valence electrons. The second-order valence-corrected chi connectivity index (χ2v) is 3.77. The fourth-order valence-corrected chi connectivity index (χ4v) is 1.39. The molecule has 0 aliphatic carbocycles. The number of anilines is 1. The van der Waals surface area contributed by atoms with E-state index in [0.29, 0.717) is 5.69 Å². The first kappa shape index (κ1) is 15.2. The minimum atomic E-state index is -0.907. The summed E-state index contributed by atoms with van der Waals surface area (Å²) in [5.41, 5.74) is 0.123. The topological polar surface area (TPSA) is 112 Å². The molecule has 0 spiro atoms. The van der Waals surface area contributed by atoms with Crippen molar-refractivity contribution in [3.8, 4) is 0 Å². The number of methoxy groups -OCH3 is 1. The Balaban J connectivity index is 2.72. The maximum absolute atomic E-state index is 11.6. The molecule has 1 aromatic carbocycles. The van der Waals surface area contributed by atoms with Gasteiger partial charge in [0.05, 0.1) is 7.11 Å². The van der Waals surface area contributed by atoms with Crippen LogP contribution in [0.1, 0.15) is 6.92 Å². The van der Waals surface area contributed by atoms with Gasteiger partial charge in [0.25, 0.3) is 0 Å². The maximum atomic E-state index is 11.6. The van der Waals surface area contributed by atoms with Crippen molar-refractivity contribution in [3.05, 3.63) is 41.7 Å². The van der Waals surface area contributed by atoms with Crippen molar-refractivity contribution >= 4 is 23.5 Å². The van der Waals surface area contributed by atoms with Crippen LogP contribution in [0, 0.1) is 5.41 Å². The minimum Gasteiger partial charge on any atom is -0.512 e. The van der Waals surface area contributed by atoms with Gasteiger partial charge in [0.2, 0.25) is 0 Å². The van der Waals surface area contributed by atoms with Gasteiger partial charge in [0.15, 0.2) is 0 Å². The highest BCUT2D eigenvalue weighted by Crippen LogP contribution is 2.06. The molecule has 7 heteroatoms. The molecule has 0 fully saturated rings. The lowest BCUT2D eigenvalue weighted by atomic mass is 10.2. The molecule has 20 heavy (non-hydrogen) atoms. The molecule has 0 aromatic heterocycles. The Morgan fingerprint density at radius 1 is 1.25 bits per heavy atom. The fraction of sp³-hybridized carbons (Fsp3) is 0.154. The molecular formula is C13H15N3O4. The number of amidine groups is 1. The third-order valence-electron chi connectivity index (χ3n) is 2.27. The van der Waals surface area contributed by atoms with E-state index in [4.69, 9.17) is 5.41 Å². The summed E-state index contributed by atoms with van der Waals surface area (Å²) in [6.45, 7) is 1.22. The Hall–Kier alpha value is -2.83. The second kappa shape index (κ2) is 6.93. The van der Waals surface area contributed by atoms with E-state index >= 15 is 0 Å². The molecule has 0 bridgehead atoms. The van der Waals surface area contributed by atoms with Gasteiger partial charge in [-0.05, 0) is 19.1 Å². The quantitative estimate of drug-likeness (QED) is 0.222. The van der Waals surface area contributed by atoms with E-state index in [1.54, 1.807) is 30.3 Å². The molecule has 1 aromatic rings. The summed E-state index contributed by atoms with van der Waals surface area (Å²) >= 11 is 0. The van der Waals surface area contributed by atoms with Gasteiger partial charge < -0.3 is 15.2 Å². The van der Waals surface area contributed by atoms with Crippen LogP contribution in [0.15, 0.2) is 41.7 Å². The van der Waals surface area contributed by atoms with E-state index in [-0.39, 0.29) is 0 Å². The van der Waals surface area contributed by atoms with Gasteiger partial charge in [-0.15, -0.1) is 0 Å². The third-order valence-corrected chi connectivity index (χ3v) is 2.27. The highest BCUT2D eigenvalue weighted by atomic mass is 16.5. The van der Waals surface area contributed by atoms with E-state index in [9.17, 15) is 14.7 Å². The Labute approximate surface area is 115 Å². The van der Waals surface area contributed by atoms with Crippen molar-refractivity contribution in [2.75, 3.05) is 12.4 Å². The number of para-hydroxylation sites is 1. The monoisotopic (exact) mass is 277 g/mol. The van der Waals surface area contributed by atoms with Gasteiger partial charge in [0.1, 0.15) is 17.2 Å². The first-order valence-electron chi connectivity index (χ1n) is 5.65. The predicted molar refractivity (Wildman–Crippen MR) is 73.7 cm³/mol. The molecule has 7 nitrogen and oxygen atoms in total. The average molecular weight is 277 g/mol. The molecule has 0 aliphatic rings. The van der Waals surface area contributed by atoms with Crippen LogP contribution < -0.4 is 10.6 Å². The number of carbonyl (C=O) groups excluding carboxylic acids is 2. The smallest absolute Gasteiger partial charge is 0.345 e. The first-order valence-corrected chi connectivity index (χ1v) is 5.65. The average Bonchev–Trinajstić information content (AvgIpc) is 2.38. The summed E-state index contributed by atoms with van der Waals surface area (Å²) in [5, 5.41) is 21.6. The highest BCUT2D eigenvalue weighted by Gasteiger charge is 2.20. The lowest BCUT2D eigenvalue weighted by Crippen LogP contribution is -2.37. The number of carbonyl (C=O) groups is 2. The summed E-state index contributed by atoms with van der Waals surface area (Å²) in [6, 6.07) is 7.88. The number of esters is 1. The lowest BCUT2D eigenvalue weighted by molar-refractivity contribution is -0.135. The number of hydrogen-bond donors (Lipinski definition) is 4. The summed E-state index contributed by atoms with van der Waals surface area (Å²) in [7, 11) is 1.11. The number of aliphatic hydroxyl groups is 1. The Kier molecular flexibility index (Phi) is 5.28. The van der Waals surface area contributed by atoms with Crippen LogP contribution >= 0.6 is 0 Å². The molecule has 4 N–H and O–H groups in total. The Morgan fingerprint density at radius 3 is 2.35 bits per heavy atom. The Morgan fingerprint density at radius 2 is 1.85 bits per heavy atom. The van der Waals surface area contributed by atoms with Crippen LogP contribution in [0.4, 0.5) is 10.5 Å². The van der Waals surface area contributed by atoms with E-state index in [1.165, 1.54) is 6.92 Å². The van der Waals surface area contributed by atoms with E-state index in [1.807, 2.05) is 0 Å². The number of rotatable bonds is 3. The molecule has 0 atom stereocenters. The minimum absolute atomic E-state index is 0.407. The van der Waals surface area contributed by atoms with Crippen molar-refractivity contribution in [3.63, 3.8) is 0 Å². The number of amides is 2. The number of benzene rings is 1. The molecule has 1 rings (SSSR count). The zero-order valence-electron chi connectivity index (χ0n) is 11.1. The standard InChI is InChI=1S/C13H15N3O4/c1-8(17)10(12(18)20-2)11(14)16-13(19)15-9-6-4-3-5-7-9/h3-7,17H,1-2H3,(H3,14,15,16,19). The van der Waals surface area contributed by atoms with Gasteiger partial charge in [-0.1, -0.05) is 18.2 Å². The maximum Gasteiger partial charge on any atom is 0.345 e. The van der Waals surface area contributed by atoms with Gasteiger partial charge >= 0.3 is 12.0 Å². The zero-order valence-corrected chi connectivity index (χ0v) is 11.1. The number of aliphatic hydroxyl groups excluding tert-OH is 1. The third kappa shape index (κ3) is 4.13. The van der Waals surface area contributed by atoms with E-state index in [0.717, 1.165) is 7.11 Å². The van der Waals surface area contributed by atoms with Crippen molar-refractivity contribution in [1.29, 1.82) is 5.41 Å². The number of nitrogens with one attached hydrogen (secondary N) is 3. The van der Waals surface area contributed by atoms with Crippen molar-refractivity contribution in [1.82, 2.24) is 5.32 Å². The molecule has 0 radical (unpaired) electrons. The molecule has 0 unspecified atom stereocenters. The molecule has 0 saturated heterocycles. The van der Waals surface area contributed by atoms with Crippen LogP contribution in [-0.4, -0.2) is 30.1 Å². The predicted octanol–water partition coefficient (Wildman–Crippen LogP) is 1.79. The number of ether oxygens (including phenoxy) is 1. The first-order chi connectivity index (χ1) is 9.45. The highest BCUT2D eigenvalue weighted by molar-refractivity contribution is 6.22. The van der Waals surface area contributed by atoms with Gasteiger partial charge in [-0.3, -0.25) is 10.7 Å². The second-order valence-electron chi connectivity index (χ2n) is 3.77. The van der Waals surface area contributed by atoms with Crippen LogP contribution in [0.5, 0.6) is 0 Å². The van der Waals surface area contributed by atoms with Gasteiger partial charge in [-0.25, -0.2) is 9.59 Å². The SMILES string of the molecule is COC(=O)C(C(=N)NC(=O)Nc1ccccc1)=C(C)O. The van der Waals surface area contributed by atoms with Crippen molar-refractivity contribution in [2.24, 2.45) is 0 Å². The Bertz CT molecular complexity index is 548. The summed E-state index contributed by atoms with van der Waals surface area (Å²) in [5.74, 6) is -1.87. The lowest BCUT2D eigenvalue weighted by Gasteiger charge is -2.10. The molecular weight excluding hydrogens is 262 g/mol. The van der Waals surface area contributed by atoms with Crippen LogP contribution in [-0.2, 0) is 9.53 Å².